The Hall–Kier alpha value is -1.11. The van der Waals surface area contributed by atoms with E-state index in [1.807, 2.05) is 6.92 Å². The first-order valence-corrected chi connectivity index (χ1v) is 6.09. The lowest BCUT2D eigenvalue weighted by Crippen LogP contribution is -2.37. The predicted molar refractivity (Wildman–Crippen MR) is 66.4 cm³/mol. The maximum Gasteiger partial charge on any atom is 0.217 e. The fourth-order valence-electron chi connectivity index (χ4n) is 2.63. The Kier molecular flexibility index (Phi) is 3.61. The number of aliphatic hydroxyl groups is 1. The fourth-order valence-corrected chi connectivity index (χ4v) is 2.63. The molecule has 6 nitrogen and oxygen atoms in total. The third-order valence-corrected chi connectivity index (χ3v) is 3.80. The van der Waals surface area contributed by atoms with Crippen molar-refractivity contribution in [2.24, 2.45) is 18.2 Å². The zero-order valence-electron chi connectivity index (χ0n) is 11.1. The van der Waals surface area contributed by atoms with Crippen LogP contribution in [0.15, 0.2) is 0 Å². The van der Waals surface area contributed by atoms with E-state index in [1.165, 1.54) is 0 Å². The van der Waals surface area contributed by atoms with Gasteiger partial charge < -0.3 is 20.3 Å². The SMILES string of the molecule is COc1c(C(O)C2(CN)CCOC2)c(C)nn1C. The van der Waals surface area contributed by atoms with Crippen LogP contribution >= 0.6 is 0 Å². The van der Waals surface area contributed by atoms with Crippen LogP contribution in [0.25, 0.3) is 0 Å². The van der Waals surface area contributed by atoms with Gasteiger partial charge in [0.2, 0.25) is 5.88 Å². The molecule has 2 rings (SSSR count). The highest BCUT2D eigenvalue weighted by atomic mass is 16.5. The molecule has 0 amide bonds. The highest BCUT2D eigenvalue weighted by Crippen LogP contribution is 2.44. The van der Waals surface area contributed by atoms with Gasteiger partial charge in [0.25, 0.3) is 0 Å². The van der Waals surface area contributed by atoms with E-state index < -0.39 is 11.5 Å². The molecular formula is C12H21N3O3. The van der Waals surface area contributed by atoms with Crippen molar-refractivity contribution >= 4 is 0 Å². The Bertz CT molecular complexity index is 424. The number of aliphatic hydroxyl groups excluding tert-OH is 1. The predicted octanol–water partition coefficient (Wildman–Crippen LogP) is 0.136. The van der Waals surface area contributed by atoms with Crippen LogP contribution in [0.4, 0.5) is 0 Å². The molecule has 1 aliphatic rings. The summed E-state index contributed by atoms with van der Waals surface area (Å²) < 4.78 is 12.4. The summed E-state index contributed by atoms with van der Waals surface area (Å²) in [7, 11) is 3.37. The van der Waals surface area contributed by atoms with Crippen LogP contribution in [0.1, 0.15) is 23.8 Å². The summed E-state index contributed by atoms with van der Waals surface area (Å²) in [4.78, 5) is 0. The van der Waals surface area contributed by atoms with Gasteiger partial charge in [0.1, 0.15) is 0 Å². The van der Waals surface area contributed by atoms with Gasteiger partial charge in [-0.05, 0) is 13.3 Å². The van der Waals surface area contributed by atoms with E-state index in [0.29, 0.717) is 25.6 Å². The minimum Gasteiger partial charge on any atom is -0.481 e. The molecule has 1 saturated heterocycles. The quantitative estimate of drug-likeness (QED) is 0.799. The molecule has 1 aliphatic heterocycles. The normalized spacial score (nSPS) is 25.4. The fraction of sp³-hybridized carbons (Fsp3) is 0.750. The maximum absolute atomic E-state index is 10.7. The maximum atomic E-state index is 10.7. The van der Waals surface area contributed by atoms with Gasteiger partial charge in [-0.1, -0.05) is 0 Å². The average molecular weight is 255 g/mol. The molecule has 1 aromatic heterocycles. The topological polar surface area (TPSA) is 82.5 Å². The standard InChI is InChI=1S/C12H21N3O3/c1-8-9(11(17-3)15(2)14-8)10(16)12(6-13)4-5-18-7-12/h10,16H,4-7,13H2,1-3H3. The molecule has 2 heterocycles. The summed E-state index contributed by atoms with van der Waals surface area (Å²) in [6.07, 6.45) is 0.0379. The monoisotopic (exact) mass is 255 g/mol. The molecule has 0 radical (unpaired) electrons. The van der Waals surface area contributed by atoms with Crippen LogP contribution in [0, 0.1) is 12.3 Å². The Labute approximate surface area is 107 Å². The number of nitrogens with zero attached hydrogens (tertiary/aromatic N) is 2. The van der Waals surface area contributed by atoms with Crippen LogP contribution < -0.4 is 10.5 Å². The number of aromatic nitrogens is 2. The molecule has 2 atom stereocenters. The van der Waals surface area contributed by atoms with Crippen molar-refractivity contribution in [3.63, 3.8) is 0 Å². The number of rotatable bonds is 4. The largest absolute Gasteiger partial charge is 0.481 e. The molecular weight excluding hydrogens is 234 g/mol. The highest BCUT2D eigenvalue weighted by Gasteiger charge is 2.44. The molecule has 0 saturated carbocycles. The van der Waals surface area contributed by atoms with E-state index in [4.69, 9.17) is 15.2 Å². The van der Waals surface area contributed by atoms with Crippen molar-refractivity contribution < 1.29 is 14.6 Å². The number of methoxy groups -OCH3 is 1. The summed E-state index contributed by atoms with van der Waals surface area (Å²) in [5.74, 6) is 0.583. The minimum absolute atomic E-state index is 0.381. The van der Waals surface area contributed by atoms with Gasteiger partial charge in [-0.3, -0.25) is 0 Å². The van der Waals surface area contributed by atoms with Crippen molar-refractivity contribution in [2.45, 2.75) is 19.4 Å². The second-order valence-corrected chi connectivity index (χ2v) is 4.90. The Morgan fingerprint density at radius 3 is 2.89 bits per heavy atom. The molecule has 1 fully saturated rings. The molecule has 18 heavy (non-hydrogen) atoms. The van der Waals surface area contributed by atoms with Gasteiger partial charge in [0.15, 0.2) is 0 Å². The van der Waals surface area contributed by atoms with Crippen LogP contribution in [0.5, 0.6) is 5.88 Å². The van der Waals surface area contributed by atoms with E-state index in [1.54, 1.807) is 18.8 Å². The molecule has 0 bridgehead atoms. The smallest absolute Gasteiger partial charge is 0.217 e. The van der Waals surface area contributed by atoms with Gasteiger partial charge in [-0.2, -0.15) is 5.10 Å². The molecule has 2 unspecified atom stereocenters. The molecule has 102 valence electrons. The average Bonchev–Trinajstić information content (AvgIpc) is 2.93. The van der Waals surface area contributed by atoms with Crippen molar-refractivity contribution in [3.05, 3.63) is 11.3 Å². The summed E-state index contributed by atoms with van der Waals surface area (Å²) in [6, 6.07) is 0. The van der Waals surface area contributed by atoms with Crippen molar-refractivity contribution in [3.8, 4) is 5.88 Å². The van der Waals surface area contributed by atoms with Crippen molar-refractivity contribution in [1.29, 1.82) is 0 Å². The summed E-state index contributed by atoms with van der Waals surface area (Å²) >= 11 is 0. The number of nitrogens with two attached hydrogens (primary N) is 1. The van der Waals surface area contributed by atoms with Gasteiger partial charge in [0, 0.05) is 25.6 Å². The van der Waals surface area contributed by atoms with E-state index in [2.05, 4.69) is 5.10 Å². The van der Waals surface area contributed by atoms with Crippen molar-refractivity contribution in [2.75, 3.05) is 26.9 Å². The van der Waals surface area contributed by atoms with Crippen LogP contribution in [0.2, 0.25) is 0 Å². The zero-order chi connectivity index (χ0) is 13.3. The van der Waals surface area contributed by atoms with Crippen LogP contribution in [-0.2, 0) is 11.8 Å². The summed E-state index contributed by atoms with van der Waals surface area (Å²) in [5.41, 5.74) is 6.90. The number of ether oxygens (including phenoxy) is 2. The highest BCUT2D eigenvalue weighted by molar-refractivity contribution is 5.35. The van der Waals surface area contributed by atoms with Gasteiger partial charge in [0.05, 0.1) is 31.1 Å². The Balaban J connectivity index is 2.41. The lowest BCUT2D eigenvalue weighted by Gasteiger charge is -2.31. The van der Waals surface area contributed by atoms with Crippen LogP contribution in [0.3, 0.4) is 0 Å². The summed E-state index contributed by atoms with van der Waals surface area (Å²) in [6.45, 7) is 3.35. The van der Waals surface area contributed by atoms with Gasteiger partial charge >= 0.3 is 0 Å². The molecule has 3 N–H and O–H groups in total. The lowest BCUT2D eigenvalue weighted by molar-refractivity contribution is 0.0170. The lowest BCUT2D eigenvalue weighted by atomic mass is 9.78. The molecule has 0 aromatic carbocycles. The van der Waals surface area contributed by atoms with Crippen molar-refractivity contribution in [1.82, 2.24) is 9.78 Å². The van der Waals surface area contributed by atoms with E-state index in [0.717, 1.165) is 17.7 Å². The number of hydrogen-bond donors (Lipinski definition) is 2. The Morgan fingerprint density at radius 1 is 1.67 bits per heavy atom. The summed E-state index contributed by atoms with van der Waals surface area (Å²) in [5, 5.41) is 15.0. The second kappa shape index (κ2) is 4.87. The molecule has 6 heteroatoms. The van der Waals surface area contributed by atoms with Crippen LogP contribution in [-0.4, -0.2) is 41.8 Å². The van der Waals surface area contributed by atoms with E-state index >= 15 is 0 Å². The Morgan fingerprint density at radius 2 is 2.39 bits per heavy atom. The molecule has 0 aliphatic carbocycles. The van der Waals surface area contributed by atoms with E-state index in [9.17, 15) is 5.11 Å². The first kappa shape index (κ1) is 13.3. The second-order valence-electron chi connectivity index (χ2n) is 4.90. The van der Waals surface area contributed by atoms with E-state index in [-0.39, 0.29) is 0 Å². The van der Waals surface area contributed by atoms with Gasteiger partial charge in [-0.15, -0.1) is 0 Å². The third kappa shape index (κ3) is 1.90. The zero-order valence-corrected chi connectivity index (χ0v) is 11.1. The molecule has 0 spiro atoms. The minimum atomic E-state index is -0.714. The third-order valence-electron chi connectivity index (χ3n) is 3.80. The number of aryl methyl sites for hydroxylation is 2. The first-order chi connectivity index (χ1) is 8.55. The number of hydrogen-bond acceptors (Lipinski definition) is 5. The van der Waals surface area contributed by atoms with Gasteiger partial charge in [-0.25, -0.2) is 4.68 Å². The molecule has 1 aromatic rings. The first-order valence-electron chi connectivity index (χ1n) is 6.09.